The van der Waals surface area contributed by atoms with Crippen LogP contribution in [0.2, 0.25) is 5.15 Å². The maximum atomic E-state index is 8.75. The molecule has 0 aromatic carbocycles. The second-order valence-electron chi connectivity index (χ2n) is 2.99. The first kappa shape index (κ1) is 11.3. The number of nitrogens with one attached hydrogen (secondary N) is 1. The number of nitrogens with zero attached hydrogens (tertiary/aromatic N) is 3. The molecule has 2 heterocycles. The molecular formula is C9H7ClN4S2. The number of anilines is 1. The van der Waals surface area contributed by atoms with Gasteiger partial charge in [0.1, 0.15) is 16.0 Å². The quantitative estimate of drug-likeness (QED) is 0.930. The van der Waals surface area contributed by atoms with Crippen molar-refractivity contribution >= 4 is 39.4 Å². The highest BCUT2D eigenvalue weighted by Gasteiger charge is 2.13. The largest absolute Gasteiger partial charge is 0.352 e. The van der Waals surface area contributed by atoms with E-state index in [1.807, 2.05) is 18.4 Å². The highest BCUT2D eigenvalue weighted by molar-refractivity contribution is 7.16. The highest BCUT2D eigenvalue weighted by atomic mass is 35.5. The van der Waals surface area contributed by atoms with Crippen LogP contribution in [0.15, 0.2) is 11.6 Å². The summed E-state index contributed by atoms with van der Waals surface area (Å²) in [4.78, 5) is 8.68. The van der Waals surface area contributed by atoms with Crippen LogP contribution in [0.5, 0.6) is 0 Å². The van der Waals surface area contributed by atoms with Gasteiger partial charge in [-0.3, -0.25) is 0 Å². The first-order valence-corrected chi connectivity index (χ1v) is 6.50. The molecule has 1 unspecified atom stereocenters. The summed E-state index contributed by atoms with van der Waals surface area (Å²) in [7, 11) is 0. The van der Waals surface area contributed by atoms with Crippen molar-refractivity contribution in [3.05, 3.63) is 26.6 Å². The van der Waals surface area contributed by atoms with Crippen molar-refractivity contribution in [3.8, 4) is 6.07 Å². The van der Waals surface area contributed by atoms with Crippen LogP contribution in [0.1, 0.15) is 22.9 Å². The van der Waals surface area contributed by atoms with Crippen LogP contribution in [0.3, 0.4) is 0 Å². The lowest BCUT2D eigenvalue weighted by atomic mass is 10.4. The molecule has 0 radical (unpaired) electrons. The van der Waals surface area contributed by atoms with Crippen molar-refractivity contribution in [2.75, 3.05) is 5.32 Å². The number of nitriles is 1. The standard InChI is InChI=1S/C9H7ClN4S2/c1-5(8-12-2-3-15-8)13-9-14-7(10)6(4-11)16-9/h2-3,5H,1H3,(H,13,14). The van der Waals surface area contributed by atoms with Gasteiger partial charge in [-0.25, -0.2) is 9.97 Å². The van der Waals surface area contributed by atoms with Crippen LogP contribution in [0.25, 0.3) is 0 Å². The fourth-order valence-corrected chi connectivity index (χ4v) is 2.81. The van der Waals surface area contributed by atoms with Gasteiger partial charge in [-0.1, -0.05) is 22.9 Å². The molecule has 0 aliphatic heterocycles. The van der Waals surface area contributed by atoms with Gasteiger partial charge in [-0.2, -0.15) is 5.26 Å². The molecule has 2 rings (SSSR count). The van der Waals surface area contributed by atoms with Gasteiger partial charge in [0.2, 0.25) is 0 Å². The normalized spacial score (nSPS) is 12.1. The first-order chi connectivity index (χ1) is 7.70. The Bertz CT molecular complexity index is 514. The van der Waals surface area contributed by atoms with Crippen LogP contribution >= 0.6 is 34.3 Å². The van der Waals surface area contributed by atoms with E-state index in [1.165, 1.54) is 11.3 Å². The van der Waals surface area contributed by atoms with E-state index in [1.54, 1.807) is 17.5 Å². The molecule has 0 aliphatic rings. The second kappa shape index (κ2) is 4.78. The molecule has 2 aromatic heterocycles. The number of hydrogen-bond acceptors (Lipinski definition) is 6. The monoisotopic (exact) mass is 270 g/mol. The van der Waals surface area contributed by atoms with Crippen molar-refractivity contribution < 1.29 is 0 Å². The van der Waals surface area contributed by atoms with Gasteiger partial charge in [0.05, 0.1) is 6.04 Å². The van der Waals surface area contributed by atoms with Crippen LogP contribution in [-0.2, 0) is 0 Å². The summed E-state index contributed by atoms with van der Waals surface area (Å²) in [5.41, 5.74) is 0. The van der Waals surface area contributed by atoms with Crippen molar-refractivity contribution in [2.24, 2.45) is 0 Å². The van der Waals surface area contributed by atoms with Crippen molar-refractivity contribution in [2.45, 2.75) is 13.0 Å². The topological polar surface area (TPSA) is 61.6 Å². The summed E-state index contributed by atoms with van der Waals surface area (Å²) in [5.74, 6) is 0. The maximum Gasteiger partial charge on any atom is 0.185 e. The third-order valence-corrected chi connectivity index (χ3v) is 4.08. The van der Waals surface area contributed by atoms with E-state index in [9.17, 15) is 0 Å². The zero-order valence-corrected chi connectivity index (χ0v) is 10.7. The Morgan fingerprint density at radius 2 is 2.44 bits per heavy atom. The van der Waals surface area contributed by atoms with E-state index in [0.717, 1.165) is 5.01 Å². The number of halogens is 1. The Morgan fingerprint density at radius 1 is 1.62 bits per heavy atom. The third kappa shape index (κ3) is 2.32. The molecule has 1 atom stereocenters. The van der Waals surface area contributed by atoms with E-state index in [0.29, 0.717) is 10.0 Å². The molecule has 0 spiro atoms. The Morgan fingerprint density at radius 3 is 3.00 bits per heavy atom. The first-order valence-electron chi connectivity index (χ1n) is 4.43. The SMILES string of the molecule is CC(Nc1nc(Cl)c(C#N)s1)c1nccs1. The average molecular weight is 271 g/mol. The molecule has 82 valence electrons. The lowest BCUT2D eigenvalue weighted by Gasteiger charge is -2.08. The fourth-order valence-electron chi connectivity index (χ4n) is 1.13. The minimum Gasteiger partial charge on any atom is -0.352 e. The summed E-state index contributed by atoms with van der Waals surface area (Å²) in [6, 6.07) is 2.06. The zero-order chi connectivity index (χ0) is 11.5. The van der Waals surface area contributed by atoms with Gasteiger partial charge in [0.25, 0.3) is 0 Å². The van der Waals surface area contributed by atoms with E-state index >= 15 is 0 Å². The molecule has 2 aromatic rings. The van der Waals surface area contributed by atoms with Crippen LogP contribution in [0.4, 0.5) is 5.13 Å². The summed E-state index contributed by atoms with van der Waals surface area (Å²) < 4.78 is 0. The molecule has 0 aliphatic carbocycles. The summed E-state index contributed by atoms with van der Waals surface area (Å²) >= 11 is 8.60. The Balaban J connectivity index is 2.13. The lowest BCUT2D eigenvalue weighted by molar-refractivity contribution is 0.867. The van der Waals surface area contributed by atoms with Crippen LogP contribution in [-0.4, -0.2) is 9.97 Å². The molecule has 7 heteroatoms. The molecule has 1 N–H and O–H groups in total. The third-order valence-electron chi connectivity index (χ3n) is 1.85. The minimum atomic E-state index is 0.0637. The fraction of sp³-hybridized carbons (Fsp3) is 0.222. The molecule has 0 amide bonds. The molecule has 0 fully saturated rings. The van der Waals surface area contributed by atoms with Gasteiger partial charge >= 0.3 is 0 Å². The predicted molar refractivity (Wildman–Crippen MR) is 66.0 cm³/mol. The van der Waals surface area contributed by atoms with Gasteiger partial charge in [-0.15, -0.1) is 11.3 Å². The van der Waals surface area contributed by atoms with Crippen LogP contribution < -0.4 is 5.32 Å². The molecule has 0 saturated heterocycles. The van der Waals surface area contributed by atoms with E-state index in [4.69, 9.17) is 16.9 Å². The molecule has 4 nitrogen and oxygen atoms in total. The summed E-state index contributed by atoms with van der Waals surface area (Å²) in [6.07, 6.45) is 1.76. The van der Waals surface area contributed by atoms with Gasteiger partial charge < -0.3 is 5.32 Å². The highest BCUT2D eigenvalue weighted by Crippen LogP contribution is 2.29. The molecule has 0 saturated carbocycles. The molecular weight excluding hydrogens is 264 g/mol. The smallest absolute Gasteiger partial charge is 0.185 e. The molecule has 16 heavy (non-hydrogen) atoms. The minimum absolute atomic E-state index is 0.0637. The number of hydrogen-bond donors (Lipinski definition) is 1. The summed E-state index contributed by atoms with van der Waals surface area (Å²) in [6.45, 7) is 1.99. The second-order valence-corrected chi connectivity index (χ2v) is 5.27. The zero-order valence-electron chi connectivity index (χ0n) is 8.27. The van der Waals surface area contributed by atoms with E-state index < -0.39 is 0 Å². The number of thiazole rings is 2. The van der Waals surface area contributed by atoms with Crippen LogP contribution in [0, 0.1) is 11.3 Å². The maximum absolute atomic E-state index is 8.75. The van der Waals surface area contributed by atoms with E-state index in [-0.39, 0.29) is 11.2 Å². The number of aromatic nitrogens is 2. The van der Waals surface area contributed by atoms with Gasteiger partial charge in [-0.05, 0) is 6.92 Å². The van der Waals surface area contributed by atoms with Crippen molar-refractivity contribution in [3.63, 3.8) is 0 Å². The van der Waals surface area contributed by atoms with Gasteiger partial charge in [0, 0.05) is 11.6 Å². The molecule has 0 bridgehead atoms. The Kier molecular flexibility index (Phi) is 3.39. The Labute approximate surface area is 106 Å². The van der Waals surface area contributed by atoms with Gasteiger partial charge in [0.15, 0.2) is 10.3 Å². The summed E-state index contributed by atoms with van der Waals surface area (Å²) in [5, 5.41) is 15.7. The van der Waals surface area contributed by atoms with Crippen molar-refractivity contribution in [1.82, 2.24) is 9.97 Å². The van der Waals surface area contributed by atoms with Crippen molar-refractivity contribution in [1.29, 1.82) is 5.26 Å². The average Bonchev–Trinajstić information content (AvgIpc) is 2.87. The number of rotatable bonds is 3. The Hall–Kier alpha value is -1.16. The predicted octanol–water partition coefficient (Wildman–Crippen LogP) is 3.30. The van der Waals surface area contributed by atoms with E-state index in [2.05, 4.69) is 15.3 Å². The lowest BCUT2D eigenvalue weighted by Crippen LogP contribution is -2.05.